The molecule has 0 unspecified atom stereocenters. The summed E-state index contributed by atoms with van der Waals surface area (Å²) in [6, 6.07) is 54.4. The smallest absolute Gasteiger partial charge is 0.160 e. The first kappa shape index (κ1) is 27.3. The highest BCUT2D eigenvalue weighted by Crippen LogP contribution is 2.40. The van der Waals surface area contributed by atoms with Gasteiger partial charge in [-0.05, 0) is 29.3 Å². The van der Waals surface area contributed by atoms with Crippen LogP contribution in [0.2, 0.25) is 0 Å². The Hall–Kier alpha value is -6.04. The van der Waals surface area contributed by atoms with E-state index in [2.05, 4.69) is 109 Å². The molecular formula is C42H26N4S. The first-order chi connectivity index (χ1) is 23.3. The van der Waals surface area contributed by atoms with E-state index in [0.717, 1.165) is 60.1 Å². The van der Waals surface area contributed by atoms with Crippen LogP contribution in [-0.2, 0) is 0 Å². The minimum absolute atomic E-state index is 0.670. The summed E-state index contributed by atoms with van der Waals surface area (Å²) in [7, 11) is 0. The van der Waals surface area contributed by atoms with Gasteiger partial charge >= 0.3 is 0 Å². The molecular weight excluding hydrogens is 593 g/mol. The molecule has 0 aliphatic carbocycles. The van der Waals surface area contributed by atoms with Gasteiger partial charge in [-0.1, -0.05) is 140 Å². The van der Waals surface area contributed by atoms with E-state index >= 15 is 0 Å². The number of benzene rings is 6. The number of rotatable bonds is 5. The summed E-state index contributed by atoms with van der Waals surface area (Å²) in [4.78, 5) is 20.5. The highest BCUT2D eigenvalue weighted by atomic mass is 32.1. The zero-order valence-electron chi connectivity index (χ0n) is 25.2. The molecule has 220 valence electrons. The lowest BCUT2D eigenvalue weighted by atomic mass is 10.0. The molecule has 0 N–H and O–H groups in total. The van der Waals surface area contributed by atoms with E-state index in [4.69, 9.17) is 19.9 Å². The molecule has 0 aliphatic heterocycles. The van der Waals surface area contributed by atoms with Gasteiger partial charge in [-0.2, -0.15) is 0 Å². The zero-order valence-corrected chi connectivity index (χ0v) is 26.0. The Morgan fingerprint density at radius 2 is 0.894 bits per heavy atom. The second kappa shape index (κ2) is 11.4. The Kier molecular flexibility index (Phi) is 6.61. The highest BCUT2D eigenvalue weighted by Gasteiger charge is 2.18. The van der Waals surface area contributed by atoms with Crippen LogP contribution in [0.25, 0.3) is 87.6 Å². The molecule has 3 aromatic heterocycles. The number of thiophene rings is 1. The lowest BCUT2D eigenvalue weighted by Gasteiger charge is -2.11. The van der Waals surface area contributed by atoms with Crippen molar-refractivity contribution < 1.29 is 0 Å². The molecule has 0 bridgehead atoms. The van der Waals surface area contributed by atoms with E-state index in [9.17, 15) is 0 Å². The molecule has 47 heavy (non-hydrogen) atoms. The number of hydrogen-bond donors (Lipinski definition) is 0. The van der Waals surface area contributed by atoms with Crippen LogP contribution in [0.3, 0.4) is 0 Å². The van der Waals surface area contributed by atoms with Gasteiger partial charge in [0.15, 0.2) is 11.6 Å². The van der Waals surface area contributed by atoms with Crippen molar-refractivity contribution >= 4 is 42.5 Å². The molecule has 4 nitrogen and oxygen atoms in total. The summed E-state index contributed by atoms with van der Waals surface area (Å²) in [6.07, 6.45) is 0. The van der Waals surface area contributed by atoms with Crippen LogP contribution >= 0.6 is 11.3 Å². The van der Waals surface area contributed by atoms with E-state index < -0.39 is 0 Å². The van der Waals surface area contributed by atoms with Gasteiger partial charge in [-0.15, -0.1) is 11.3 Å². The predicted molar refractivity (Wildman–Crippen MR) is 195 cm³/mol. The maximum atomic E-state index is 5.25. The molecule has 0 radical (unpaired) electrons. The summed E-state index contributed by atoms with van der Waals surface area (Å²) in [5.74, 6) is 1.34. The van der Waals surface area contributed by atoms with Crippen molar-refractivity contribution in [2.24, 2.45) is 0 Å². The molecule has 6 aromatic carbocycles. The summed E-state index contributed by atoms with van der Waals surface area (Å²) in [5, 5.41) is 2.17. The van der Waals surface area contributed by atoms with Gasteiger partial charge in [0.2, 0.25) is 0 Å². The number of aromatic nitrogens is 4. The Bertz CT molecular complexity index is 2560. The molecule has 0 fully saturated rings. The third-order valence-corrected chi connectivity index (χ3v) is 9.68. The third-order valence-electron chi connectivity index (χ3n) is 8.51. The summed E-state index contributed by atoms with van der Waals surface area (Å²) >= 11 is 1.74. The van der Waals surface area contributed by atoms with E-state index in [1.165, 1.54) is 15.8 Å². The van der Waals surface area contributed by atoms with Crippen molar-refractivity contribution in [2.75, 3.05) is 0 Å². The van der Waals surface area contributed by atoms with Crippen LogP contribution in [0.5, 0.6) is 0 Å². The van der Waals surface area contributed by atoms with Gasteiger partial charge in [0.25, 0.3) is 0 Å². The first-order valence-electron chi connectivity index (χ1n) is 15.6. The summed E-state index contributed by atoms with van der Waals surface area (Å²) < 4.78 is 2.28. The average Bonchev–Trinajstić information content (AvgIpc) is 3.53. The topological polar surface area (TPSA) is 51.6 Å². The van der Waals surface area contributed by atoms with E-state index in [-0.39, 0.29) is 0 Å². The van der Waals surface area contributed by atoms with Crippen LogP contribution < -0.4 is 0 Å². The van der Waals surface area contributed by atoms with Gasteiger partial charge in [0.1, 0.15) is 0 Å². The van der Waals surface area contributed by atoms with Crippen molar-refractivity contribution in [2.45, 2.75) is 0 Å². The fourth-order valence-electron chi connectivity index (χ4n) is 6.19. The summed E-state index contributed by atoms with van der Waals surface area (Å²) in [6.45, 7) is 0. The van der Waals surface area contributed by atoms with Crippen molar-refractivity contribution in [3.05, 3.63) is 158 Å². The second-order valence-corrected chi connectivity index (χ2v) is 12.5. The molecule has 0 amide bonds. The Morgan fingerprint density at radius 1 is 0.362 bits per heavy atom. The second-order valence-electron chi connectivity index (χ2n) is 11.5. The van der Waals surface area contributed by atoms with Gasteiger partial charge < -0.3 is 0 Å². The molecule has 9 aromatic rings. The van der Waals surface area contributed by atoms with E-state index in [1.807, 2.05) is 48.5 Å². The van der Waals surface area contributed by atoms with Crippen LogP contribution in [0.4, 0.5) is 0 Å². The zero-order chi connectivity index (χ0) is 31.2. The molecule has 0 aliphatic rings. The predicted octanol–water partition coefficient (Wildman–Crippen LogP) is 11.1. The standard InChI is InChI=1S/C42H26N4S/c1-3-12-27(13-4-1)28-22-24-30(25-23-28)38-40-39(34-19-8-10-21-36(34)47-40)46-42(45-38)32-17-11-16-31(26-32)41-43-35-20-9-7-18-33(35)37(44-41)29-14-5-2-6-15-29/h1-26H. The van der Waals surface area contributed by atoms with Crippen LogP contribution in [0, 0.1) is 0 Å². The lowest BCUT2D eigenvalue weighted by molar-refractivity contribution is 1.22. The Labute approximate surface area is 275 Å². The highest BCUT2D eigenvalue weighted by molar-refractivity contribution is 7.26. The quantitative estimate of drug-likeness (QED) is 0.193. The van der Waals surface area contributed by atoms with Crippen molar-refractivity contribution in [3.8, 4) is 56.4 Å². The van der Waals surface area contributed by atoms with Crippen molar-refractivity contribution in [1.82, 2.24) is 19.9 Å². The van der Waals surface area contributed by atoms with E-state index in [0.29, 0.717) is 11.6 Å². The monoisotopic (exact) mass is 618 g/mol. The lowest BCUT2D eigenvalue weighted by Crippen LogP contribution is -1.97. The normalized spacial score (nSPS) is 11.4. The van der Waals surface area contributed by atoms with Gasteiger partial charge in [0.05, 0.1) is 27.1 Å². The minimum Gasteiger partial charge on any atom is -0.228 e. The van der Waals surface area contributed by atoms with Gasteiger partial charge in [-0.25, -0.2) is 19.9 Å². The van der Waals surface area contributed by atoms with Crippen LogP contribution in [0.15, 0.2) is 158 Å². The largest absolute Gasteiger partial charge is 0.228 e. The van der Waals surface area contributed by atoms with Crippen LogP contribution in [0.1, 0.15) is 0 Å². The number of para-hydroxylation sites is 1. The number of fused-ring (bicyclic) bond motifs is 4. The minimum atomic E-state index is 0.670. The SMILES string of the molecule is c1ccc(-c2ccc(-c3nc(-c4cccc(-c5nc(-c6ccccc6)c6ccccc6n5)c4)nc4c3sc3ccccc34)cc2)cc1. The first-order valence-corrected chi connectivity index (χ1v) is 16.4. The fraction of sp³-hybridized carbons (Fsp3) is 0. The summed E-state index contributed by atoms with van der Waals surface area (Å²) in [5.41, 5.74) is 10.0. The van der Waals surface area contributed by atoms with E-state index in [1.54, 1.807) is 11.3 Å². The van der Waals surface area contributed by atoms with Crippen molar-refractivity contribution in [1.29, 1.82) is 0 Å². The average molecular weight is 619 g/mol. The number of hydrogen-bond acceptors (Lipinski definition) is 5. The molecule has 9 rings (SSSR count). The molecule has 0 saturated heterocycles. The number of nitrogens with zero attached hydrogens (tertiary/aromatic N) is 4. The maximum absolute atomic E-state index is 5.25. The Morgan fingerprint density at radius 3 is 1.66 bits per heavy atom. The molecule has 0 saturated carbocycles. The molecule has 5 heteroatoms. The van der Waals surface area contributed by atoms with Crippen molar-refractivity contribution in [3.63, 3.8) is 0 Å². The maximum Gasteiger partial charge on any atom is 0.160 e. The fourth-order valence-corrected chi connectivity index (χ4v) is 7.34. The molecule has 0 atom stereocenters. The third kappa shape index (κ3) is 4.94. The van der Waals surface area contributed by atoms with Crippen LogP contribution in [-0.4, -0.2) is 19.9 Å². The Balaban J connectivity index is 1.20. The molecule has 3 heterocycles. The molecule has 0 spiro atoms. The van der Waals surface area contributed by atoms with Gasteiger partial charge in [-0.3, -0.25) is 0 Å². The van der Waals surface area contributed by atoms with Gasteiger partial charge in [0, 0.05) is 37.7 Å².